The minimum Gasteiger partial charge on any atom is -0.429 e. The zero-order valence-corrected chi connectivity index (χ0v) is 19.2. The van der Waals surface area contributed by atoms with Gasteiger partial charge in [0.2, 0.25) is 11.6 Å². The number of carbonyl (C=O) groups is 2. The summed E-state index contributed by atoms with van der Waals surface area (Å²) in [5.74, 6) is -3.70. The number of carbonyl (C=O) groups excluding carboxylic acids is 2. The van der Waals surface area contributed by atoms with Crippen LogP contribution in [0.2, 0.25) is 0 Å². The molecular weight excluding hydrogens is 448 g/mol. The molecule has 0 bridgehead atoms. The van der Waals surface area contributed by atoms with Crippen molar-refractivity contribution >= 4 is 11.9 Å². The van der Waals surface area contributed by atoms with Gasteiger partial charge >= 0.3 is 11.9 Å². The van der Waals surface area contributed by atoms with Gasteiger partial charge in [-0.15, -0.1) is 0 Å². The van der Waals surface area contributed by atoms with E-state index >= 15 is 0 Å². The third-order valence-electron chi connectivity index (χ3n) is 6.26. The van der Waals surface area contributed by atoms with E-state index in [0.717, 1.165) is 0 Å². The fraction of sp³-hybridized carbons (Fsp3) is 0.667. The molecule has 1 aromatic rings. The maximum Gasteiger partial charge on any atom is 0.340 e. The number of rotatable bonds is 10. The highest BCUT2D eigenvalue weighted by Crippen LogP contribution is 2.35. The topological polar surface area (TPSA) is 152 Å². The second-order valence-electron chi connectivity index (χ2n) is 8.78. The lowest BCUT2D eigenvalue weighted by Gasteiger charge is -2.38. The normalized spacial score (nSPS) is 29.4. The molecule has 3 rings (SSSR count). The van der Waals surface area contributed by atoms with E-state index in [-0.39, 0.29) is 37.6 Å². The van der Waals surface area contributed by atoms with E-state index in [0.29, 0.717) is 51.4 Å². The maximum atomic E-state index is 12.8. The van der Waals surface area contributed by atoms with E-state index in [1.165, 1.54) is 24.3 Å². The summed E-state index contributed by atoms with van der Waals surface area (Å²) in [5.41, 5.74) is 0.420. The number of aliphatic hydroxyl groups excluding tert-OH is 4. The van der Waals surface area contributed by atoms with Crippen LogP contribution in [0.3, 0.4) is 0 Å². The fourth-order valence-electron chi connectivity index (χ4n) is 4.30. The summed E-state index contributed by atoms with van der Waals surface area (Å²) >= 11 is 0. The molecule has 2 fully saturated rings. The zero-order chi connectivity index (χ0) is 24.6. The van der Waals surface area contributed by atoms with Crippen LogP contribution in [0.15, 0.2) is 24.3 Å². The average molecular weight is 483 g/mol. The van der Waals surface area contributed by atoms with Gasteiger partial charge in [-0.05, 0) is 49.9 Å². The van der Waals surface area contributed by atoms with Gasteiger partial charge < -0.3 is 39.4 Å². The molecule has 4 N–H and O–H groups in total. The molecule has 34 heavy (non-hydrogen) atoms. The van der Waals surface area contributed by atoms with Crippen molar-refractivity contribution in [3.8, 4) is 0 Å². The first-order valence-electron chi connectivity index (χ1n) is 11.7. The standard InChI is InChI=1S/C24H34O10/c25-13-15-31-23(9-5-19(27)6-10-23)33-21(29)17-1-2-18(4-3-17)22(30)34-24(32-16-14-26)11-7-20(28)8-12-24/h1-4,19-20,25-28H,5-16H2. The van der Waals surface area contributed by atoms with Gasteiger partial charge in [0.15, 0.2) is 0 Å². The number of hydrogen-bond acceptors (Lipinski definition) is 10. The molecule has 10 nitrogen and oxygen atoms in total. The lowest BCUT2D eigenvalue weighted by Crippen LogP contribution is -2.43. The minimum absolute atomic E-state index is 0.00524. The molecule has 190 valence electrons. The molecule has 0 unspecified atom stereocenters. The molecule has 0 saturated heterocycles. The molecule has 0 spiro atoms. The van der Waals surface area contributed by atoms with Gasteiger partial charge in [0.05, 0.1) is 49.8 Å². The Balaban J connectivity index is 1.64. The zero-order valence-electron chi connectivity index (χ0n) is 19.2. The summed E-state index contributed by atoms with van der Waals surface area (Å²) in [5, 5.41) is 37.8. The SMILES string of the molecule is O=C(OC1(OCCO)CCC(O)CC1)c1ccc(C(=O)OC2(OCCO)CCC(O)CC2)cc1. The van der Waals surface area contributed by atoms with Gasteiger partial charge in [0.1, 0.15) is 0 Å². The summed E-state index contributed by atoms with van der Waals surface area (Å²) in [6.45, 7) is -0.432. The van der Waals surface area contributed by atoms with Crippen LogP contribution in [0, 0.1) is 0 Å². The molecule has 0 atom stereocenters. The molecule has 2 saturated carbocycles. The molecule has 10 heteroatoms. The summed E-state index contributed by atoms with van der Waals surface area (Å²) in [7, 11) is 0. The Morgan fingerprint density at radius 3 is 1.32 bits per heavy atom. The molecule has 2 aliphatic rings. The number of benzene rings is 1. The summed E-state index contributed by atoms with van der Waals surface area (Å²) in [6, 6.07) is 5.79. The van der Waals surface area contributed by atoms with Crippen LogP contribution in [-0.4, -0.2) is 82.6 Å². The smallest absolute Gasteiger partial charge is 0.340 e. The van der Waals surface area contributed by atoms with Crippen molar-refractivity contribution in [3.63, 3.8) is 0 Å². The number of ether oxygens (including phenoxy) is 4. The van der Waals surface area contributed by atoms with Gasteiger partial charge in [-0.2, -0.15) is 0 Å². The van der Waals surface area contributed by atoms with Crippen LogP contribution in [0.25, 0.3) is 0 Å². The Kier molecular flexibility index (Phi) is 9.40. The van der Waals surface area contributed by atoms with Crippen LogP contribution >= 0.6 is 0 Å². The first-order chi connectivity index (χ1) is 16.3. The van der Waals surface area contributed by atoms with Crippen molar-refractivity contribution < 1.29 is 49.0 Å². The highest BCUT2D eigenvalue weighted by Gasteiger charge is 2.41. The first-order valence-corrected chi connectivity index (χ1v) is 11.7. The Morgan fingerprint density at radius 2 is 1.03 bits per heavy atom. The molecular formula is C24H34O10. The van der Waals surface area contributed by atoms with E-state index in [1.54, 1.807) is 0 Å². The Labute approximate surface area is 198 Å². The summed E-state index contributed by atoms with van der Waals surface area (Å²) in [4.78, 5) is 25.5. The monoisotopic (exact) mass is 482 g/mol. The van der Waals surface area contributed by atoms with Crippen molar-refractivity contribution in [1.82, 2.24) is 0 Å². The molecule has 0 radical (unpaired) electrons. The highest BCUT2D eigenvalue weighted by molar-refractivity contribution is 5.93. The number of hydrogen-bond donors (Lipinski definition) is 4. The average Bonchev–Trinajstić information content (AvgIpc) is 2.85. The first kappa shape index (κ1) is 26.5. The van der Waals surface area contributed by atoms with E-state index in [4.69, 9.17) is 29.2 Å². The quantitative estimate of drug-likeness (QED) is 0.283. The lowest BCUT2D eigenvalue weighted by molar-refractivity contribution is -0.231. The van der Waals surface area contributed by atoms with E-state index < -0.39 is 35.7 Å². The Morgan fingerprint density at radius 1 is 0.706 bits per heavy atom. The summed E-state index contributed by atoms with van der Waals surface area (Å²) in [6.07, 6.45) is 1.97. The second kappa shape index (κ2) is 12.1. The molecule has 1 aromatic carbocycles. The molecule has 0 amide bonds. The predicted molar refractivity (Wildman–Crippen MR) is 118 cm³/mol. The predicted octanol–water partition coefficient (Wildman–Crippen LogP) is 1.28. The summed E-state index contributed by atoms with van der Waals surface area (Å²) < 4.78 is 22.5. The van der Waals surface area contributed by atoms with Crippen LogP contribution in [-0.2, 0) is 18.9 Å². The van der Waals surface area contributed by atoms with Crippen molar-refractivity contribution in [1.29, 1.82) is 0 Å². The highest BCUT2D eigenvalue weighted by atomic mass is 16.7. The lowest BCUT2D eigenvalue weighted by atomic mass is 9.91. The van der Waals surface area contributed by atoms with Crippen molar-refractivity contribution in [2.24, 2.45) is 0 Å². The fourth-order valence-corrected chi connectivity index (χ4v) is 4.30. The molecule has 0 heterocycles. The van der Waals surface area contributed by atoms with Crippen molar-refractivity contribution in [3.05, 3.63) is 35.4 Å². The van der Waals surface area contributed by atoms with Gasteiger partial charge in [-0.1, -0.05) is 0 Å². The van der Waals surface area contributed by atoms with E-state index in [1.807, 2.05) is 0 Å². The minimum atomic E-state index is -1.21. The van der Waals surface area contributed by atoms with E-state index in [9.17, 15) is 19.8 Å². The van der Waals surface area contributed by atoms with Gasteiger partial charge in [0.25, 0.3) is 0 Å². The molecule has 0 aromatic heterocycles. The molecule has 2 aliphatic carbocycles. The van der Waals surface area contributed by atoms with Crippen molar-refractivity contribution in [2.75, 3.05) is 26.4 Å². The Hall–Kier alpha value is -2.08. The Bertz CT molecular complexity index is 714. The third-order valence-corrected chi connectivity index (χ3v) is 6.26. The van der Waals surface area contributed by atoms with Crippen molar-refractivity contribution in [2.45, 2.75) is 75.1 Å². The van der Waals surface area contributed by atoms with Gasteiger partial charge in [0, 0.05) is 25.7 Å². The van der Waals surface area contributed by atoms with Crippen LogP contribution in [0.4, 0.5) is 0 Å². The molecule has 0 aliphatic heterocycles. The van der Waals surface area contributed by atoms with Gasteiger partial charge in [-0.25, -0.2) is 9.59 Å². The second-order valence-corrected chi connectivity index (χ2v) is 8.78. The van der Waals surface area contributed by atoms with E-state index in [2.05, 4.69) is 0 Å². The van der Waals surface area contributed by atoms with Crippen LogP contribution < -0.4 is 0 Å². The number of aliphatic hydroxyl groups is 4. The maximum absolute atomic E-state index is 12.8. The third kappa shape index (κ3) is 6.97. The largest absolute Gasteiger partial charge is 0.429 e. The van der Waals surface area contributed by atoms with Crippen LogP contribution in [0.5, 0.6) is 0 Å². The van der Waals surface area contributed by atoms with Crippen LogP contribution in [0.1, 0.15) is 72.1 Å². The number of esters is 2. The van der Waals surface area contributed by atoms with Gasteiger partial charge in [-0.3, -0.25) is 0 Å².